The summed E-state index contributed by atoms with van der Waals surface area (Å²) >= 11 is 6.67. The van der Waals surface area contributed by atoms with Gasteiger partial charge >= 0.3 is 0 Å². The molecule has 2 aromatic rings. The molecule has 3 N–H and O–H groups in total. The zero-order valence-electron chi connectivity index (χ0n) is 6.94. The van der Waals surface area contributed by atoms with E-state index in [0.717, 1.165) is 11.3 Å². The second-order valence-electron chi connectivity index (χ2n) is 2.66. The van der Waals surface area contributed by atoms with Crippen molar-refractivity contribution in [1.82, 2.24) is 14.8 Å². The van der Waals surface area contributed by atoms with Crippen molar-refractivity contribution in [3.05, 3.63) is 21.1 Å². The monoisotopic (exact) mass is 212 g/mol. The number of nitrogens with two attached hydrogens (primary N) is 1. The molecule has 68 valence electrons. The van der Waals surface area contributed by atoms with E-state index in [4.69, 9.17) is 18.0 Å². The topological polar surface area (TPSA) is 59.6 Å². The molecule has 0 aromatic carbocycles. The Bertz CT molecular complexity index is 479. The average molecular weight is 212 g/mol. The quantitative estimate of drug-likeness (QED) is 0.710. The Hall–Kier alpha value is -1.14. The first-order valence-corrected chi connectivity index (χ1v) is 5.01. The number of nitrogens with zero attached hydrogens (tertiary/aromatic N) is 2. The highest BCUT2D eigenvalue weighted by molar-refractivity contribution is 7.71. The number of hydrogen-bond acceptors (Lipinski definition) is 4. The lowest BCUT2D eigenvalue weighted by Gasteiger charge is -2.00. The van der Waals surface area contributed by atoms with E-state index in [9.17, 15) is 0 Å². The Kier molecular flexibility index (Phi) is 1.93. The number of aryl methyl sites for hydroxylation is 1. The van der Waals surface area contributed by atoms with Gasteiger partial charge in [0.15, 0.2) is 0 Å². The first kappa shape index (κ1) is 8.46. The van der Waals surface area contributed by atoms with Gasteiger partial charge in [-0.1, -0.05) is 0 Å². The minimum absolute atomic E-state index is 0.395. The van der Waals surface area contributed by atoms with Crippen molar-refractivity contribution < 1.29 is 0 Å². The standard InChI is InChI=1S/C7H8N4S2/c1-4-2-13-3-5(4)11-6(8)9-10-7(11)12/h2-3H,1H3,(H2,8,9)(H,10,12). The van der Waals surface area contributed by atoms with Crippen LogP contribution in [0.5, 0.6) is 0 Å². The number of hydrogen-bond donors (Lipinski definition) is 2. The summed E-state index contributed by atoms with van der Waals surface area (Å²) in [4.78, 5) is 0. The number of nitrogens with one attached hydrogen (secondary N) is 1. The molecule has 6 heteroatoms. The highest BCUT2D eigenvalue weighted by atomic mass is 32.1. The van der Waals surface area contributed by atoms with Gasteiger partial charge in [0.2, 0.25) is 10.7 Å². The van der Waals surface area contributed by atoms with E-state index in [1.165, 1.54) is 0 Å². The first-order chi connectivity index (χ1) is 6.20. The third-order valence-corrected chi connectivity index (χ3v) is 2.89. The minimum Gasteiger partial charge on any atom is -0.368 e. The van der Waals surface area contributed by atoms with Crippen LogP contribution >= 0.6 is 23.6 Å². The molecule has 0 aliphatic carbocycles. The Balaban J connectivity index is 2.71. The molecule has 0 bridgehead atoms. The molecule has 4 nitrogen and oxygen atoms in total. The highest BCUT2D eigenvalue weighted by Gasteiger charge is 2.07. The number of aromatic nitrogens is 3. The molecule has 2 heterocycles. The zero-order valence-corrected chi connectivity index (χ0v) is 8.58. The summed E-state index contributed by atoms with van der Waals surface area (Å²) in [6.45, 7) is 2.01. The average Bonchev–Trinajstić information content (AvgIpc) is 2.60. The van der Waals surface area contributed by atoms with Crippen molar-refractivity contribution in [3.63, 3.8) is 0 Å². The van der Waals surface area contributed by atoms with Gasteiger partial charge in [0.1, 0.15) is 0 Å². The van der Waals surface area contributed by atoms with Gasteiger partial charge in [-0.2, -0.15) is 0 Å². The summed E-state index contributed by atoms with van der Waals surface area (Å²) < 4.78 is 2.25. The second-order valence-corrected chi connectivity index (χ2v) is 3.79. The number of H-pyrrole nitrogens is 1. The van der Waals surface area contributed by atoms with Gasteiger partial charge in [-0.15, -0.1) is 16.4 Å². The molecule has 0 aliphatic heterocycles. The van der Waals surface area contributed by atoms with E-state index in [1.54, 1.807) is 15.9 Å². The van der Waals surface area contributed by atoms with E-state index in [0.29, 0.717) is 10.7 Å². The first-order valence-electron chi connectivity index (χ1n) is 3.66. The van der Waals surface area contributed by atoms with Crippen LogP contribution in [0.2, 0.25) is 0 Å². The van der Waals surface area contributed by atoms with Crippen LogP contribution in [0, 0.1) is 11.7 Å². The van der Waals surface area contributed by atoms with Crippen LogP contribution < -0.4 is 5.73 Å². The Morgan fingerprint density at radius 3 is 2.85 bits per heavy atom. The summed E-state index contributed by atoms with van der Waals surface area (Å²) in [6.07, 6.45) is 0. The van der Waals surface area contributed by atoms with Crippen molar-refractivity contribution in [1.29, 1.82) is 0 Å². The van der Waals surface area contributed by atoms with E-state index < -0.39 is 0 Å². The third-order valence-electron chi connectivity index (χ3n) is 1.77. The molecule has 0 radical (unpaired) electrons. The van der Waals surface area contributed by atoms with Crippen molar-refractivity contribution in [2.24, 2.45) is 0 Å². The van der Waals surface area contributed by atoms with Crippen LogP contribution in [-0.4, -0.2) is 14.8 Å². The molecule has 2 rings (SSSR count). The smallest absolute Gasteiger partial charge is 0.225 e. The minimum atomic E-state index is 0.395. The number of rotatable bonds is 1. The fourth-order valence-electron chi connectivity index (χ4n) is 1.12. The molecule has 0 saturated heterocycles. The van der Waals surface area contributed by atoms with Gasteiger partial charge < -0.3 is 5.73 Å². The lowest BCUT2D eigenvalue weighted by atomic mass is 10.3. The third kappa shape index (κ3) is 1.27. The normalized spacial score (nSPS) is 10.5. The van der Waals surface area contributed by atoms with Crippen molar-refractivity contribution in [2.75, 3.05) is 5.73 Å². The maximum Gasteiger partial charge on any atom is 0.225 e. The molecule has 0 unspecified atom stereocenters. The van der Waals surface area contributed by atoms with Crippen LogP contribution in [0.1, 0.15) is 5.56 Å². The number of anilines is 1. The van der Waals surface area contributed by atoms with Crippen LogP contribution in [0.3, 0.4) is 0 Å². The number of nitrogen functional groups attached to an aromatic ring is 1. The lowest BCUT2D eigenvalue weighted by Crippen LogP contribution is -2.00. The zero-order chi connectivity index (χ0) is 9.42. The maximum atomic E-state index is 5.66. The summed E-state index contributed by atoms with van der Waals surface area (Å²) in [5.41, 5.74) is 7.81. The number of thiophene rings is 1. The summed E-state index contributed by atoms with van der Waals surface area (Å²) in [7, 11) is 0. The van der Waals surface area contributed by atoms with E-state index in [1.807, 2.05) is 17.7 Å². The Morgan fingerprint density at radius 1 is 1.62 bits per heavy atom. The maximum absolute atomic E-state index is 5.66. The van der Waals surface area contributed by atoms with Gasteiger partial charge in [-0.3, -0.25) is 4.57 Å². The molecule has 0 saturated carbocycles. The van der Waals surface area contributed by atoms with E-state index in [2.05, 4.69) is 10.2 Å². The summed E-state index contributed by atoms with van der Waals surface area (Å²) in [5.74, 6) is 0.395. The van der Waals surface area contributed by atoms with Crippen LogP contribution in [-0.2, 0) is 0 Å². The van der Waals surface area contributed by atoms with Crippen molar-refractivity contribution in [2.45, 2.75) is 6.92 Å². The molecule has 0 spiro atoms. The van der Waals surface area contributed by atoms with Gasteiger partial charge in [-0.25, -0.2) is 5.10 Å². The molecule has 0 amide bonds. The van der Waals surface area contributed by atoms with Crippen LogP contribution in [0.25, 0.3) is 5.69 Å². The van der Waals surface area contributed by atoms with Crippen molar-refractivity contribution >= 4 is 29.5 Å². The SMILES string of the molecule is Cc1cscc1-n1c(N)n[nH]c1=S. The van der Waals surface area contributed by atoms with Crippen LogP contribution in [0.4, 0.5) is 5.95 Å². The molecule has 0 fully saturated rings. The molecule has 0 atom stereocenters. The fourth-order valence-corrected chi connectivity index (χ4v) is 2.18. The molecular formula is C7H8N4S2. The fraction of sp³-hybridized carbons (Fsp3) is 0.143. The van der Waals surface area contributed by atoms with Crippen LogP contribution in [0.15, 0.2) is 10.8 Å². The van der Waals surface area contributed by atoms with Gasteiger partial charge in [-0.05, 0) is 30.1 Å². The molecule has 2 aromatic heterocycles. The molecule has 13 heavy (non-hydrogen) atoms. The molecular weight excluding hydrogens is 204 g/mol. The predicted octanol–water partition coefficient (Wildman–Crippen LogP) is 1.88. The Morgan fingerprint density at radius 2 is 2.38 bits per heavy atom. The Labute approximate surface area is 84.0 Å². The van der Waals surface area contributed by atoms with Gasteiger partial charge in [0, 0.05) is 5.38 Å². The number of aromatic amines is 1. The molecule has 0 aliphatic rings. The predicted molar refractivity (Wildman–Crippen MR) is 55.8 cm³/mol. The van der Waals surface area contributed by atoms with E-state index >= 15 is 0 Å². The largest absolute Gasteiger partial charge is 0.368 e. The van der Waals surface area contributed by atoms with Gasteiger partial charge in [0.05, 0.1) is 5.69 Å². The second kappa shape index (κ2) is 2.97. The summed E-state index contributed by atoms with van der Waals surface area (Å²) in [6, 6.07) is 0. The summed E-state index contributed by atoms with van der Waals surface area (Å²) in [5, 5.41) is 10.5. The van der Waals surface area contributed by atoms with E-state index in [-0.39, 0.29) is 0 Å². The highest BCUT2D eigenvalue weighted by Crippen LogP contribution is 2.20. The van der Waals surface area contributed by atoms with Gasteiger partial charge in [0.25, 0.3) is 0 Å². The lowest BCUT2D eigenvalue weighted by molar-refractivity contribution is 1.03. The van der Waals surface area contributed by atoms with Crippen molar-refractivity contribution in [3.8, 4) is 5.69 Å².